The van der Waals surface area contributed by atoms with E-state index in [1.807, 2.05) is 30.3 Å². The number of hydrogen-bond acceptors (Lipinski definition) is 3. The molecule has 3 aromatic rings. The summed E-state index contributed by atoms with van der Waals surface area (Å²) in [5.74, 6) is 0.478. The van der Waals surface area contributed by atoms with Crippen LogP contribution >= 0.6 is 0 Å². The van der Waals surface area contributed by atoms with Crippen LogP contribution in [-0.2, 0) is 11.3 Å². The molecule has 3 heterocycles. The van der Waals surface area contributed by atoms with Crippen molar-refractivity contribution in [3.63, 3.8) is 0 Å². The molecule has 1 aromatic carbocycles. The Labute approximate surface area is 147 Å². The number of fused-ring (bicyclic) bond motifs is 1. The molecule has 5 heteroatoms. The Hall–Kier alpha value is -2.66. The minimum atomic E-state index is 0.117. The lowest BCUT2D eigenvalue weighted by Crippen LogP contribution is -2.29. The maximum absolute atomic E-state index is 12.2. The Morgan fingerprint density at radius 2 is 2.08 bits per heavy atom. The normalized spacial score (nSPS) is 20.5. The van der Waals surface area contributed by atoms with E-state index in [9.17, 15) is 4.79 Å². The number of benzene rings is 1. The quantitative estimate of drug-likeness (QED) is 0.754. The molecule has 1 aliphatic rings. The zero-order valence-electron chi connectivity index (χ0n) is 14.3. The molecule has 0 radical (unpaired) electrons. The molecule has 0 spiro atoms. The van der Waals surface area contributed by atoms with E-state index in [2.05, 4.69) is 39.6 Å². The topological polar surface area (TPSA) is 61.0 Å². The third-order valence-electron chi connectivity index (χ3n) is 5.15. The highest BCUT2D eigenvalue weighted by molar-refractivity contribution is 5.82. The first-order valence-corrected chi connectivity index (χ1v) is 8.65. The summed E-state index contributed by atoms with van der Waals surface area (Å²) in [6.07, 6.45) is 6.15. The fourth-order valence-electron chi connectivity index (χ4n) is 3.89. The first-order chi connectivity index (χ1) is 12.2. The maximum Gasteiger partial charge on any atom is 0.223 e. The van der Waals surface area contributed by atoms with Crippen molar-refractivity contribution in [3.05, 3.63) is 66.1 Å². The lowest BCUT2D eigenvalue weighted by atomic mass is 9.94. The molecule has 2 N–H and O–H groups in total. The van der Waals surface area contributed by atoms with Gasteiger partial charge in [-0.05, 0) is 35.4 Å². The second-order valence-corrected chi connectivity index (χ2v) is 6.68. The molecule has 0 unspecified atom stereocenters. The monoisotopic (exact) mass is 334 g/mol. The molecule has 1 fully saturated rings. The Morgan fingerprint density at radius 1 is 1.24 bits per heavy atom. The number of carbonyl (C=O) groups excluding carboxylic acids is 1. The van der Waals surface area contributed by atoms with Gasteiger partial charge < -0.3 is 15.2 Å². The summed E-state index contributed by atoms with van der Waals surface area (Å²) < 4.78 is 0. The molecule has 1 aliphatic heterocycles. The van der Waals surface area contributed by atoms with Gasteiger partial charge in [-0.15, -0.1) is 0 Å². The van der Waals surface area contributed by atoms with Crippen LogP contribution < -0.4 is 5.32 Å². The Morgan fingerprint density at radius 3 is 2.92 bits per heavy atom. The third-order valence-corrected chi connectivity index (χ3v) is 5.15. The van der Waals surface area contributed by atoms with Crippen LogP contribution in [-0.4, -0.2) is 34.4 Å². The van der Waals surface area contributed by atoms with E-state index in [1.54, 1.807) is 12.4 Å². The highest BCUT2D eigenvalue weighted by atomic mass is 16.2. The van der Waals surface area contributed by atoms with Crippen molar-refractivity contribution < 1.29 is 4.79 Å². The molecule has 0 aliphatic carbocycles. The Balaban J connectivity index is 1.46. The number of carbonyl (C=O) groups is 1. The smallest absolute Gasteiger partial charge is 0.223 e. The minimum absolute atomic E-state index is 0.117. The molecule has 2 atom stereocenters. The summed E-state index contributed by atoms with van der Waals surface area (Å²) in [6, 6.07) is 12.5. The number of H-pyrrole nitrogens is 1. The van der Waals surface area contributed by atoms with Crippen molar-refractivity contribution in [1.82, 2.24) is 20.2 Å². The molecule has 0 saturated carbocycles. The first kappa shape index (κ1) is 15.8. The van der Waals surface area contributed by atoms with Crippen molar-refractivity contribution >= 4 is 16.8 Å². The van der Waals surface area contributed by atoms with Crippen LogP contribution in [0.25, 0.3) is 10.9 Å². The Kier molecular flexibility index (Phi) is 4.24. The van der Waals surface area contributed by atoms with Crippen LogP contribution in [0, 0.1) is 5.92 Å². The average molecular weight is 334 g/mol. The first-order valence-electron chi connectivity index (χ1n) is 8.65. The standard InChI is InChI=1S/C20H22N4O/c1-24-19(25)11-16(20(24)14-5-8-21-9-6-14)13-22-12-15-3-2-4-18-17(15)7-10-23-18/h2-10,16,20,22-23H,11-13H2,1H3/t16-,20-/m0/s1. The van der Waals surface area contributed by atoms with Crippen LogP contribution in [0.15, 0.2) is 55.0 Å². The van der Waals surface area contributed by atoms with E-state index >= 15 is 0 Å². The average Bonchev–Trinajstić information content (AvgIpc) is 3.21. The number of aromatic nitrogens is 2. The third kappa shape index (κ3) is 3.03. The van der Waals surface area contributed by atoms with Crippen LogP contribution in [0.1, 0.15) is 23.6 Å². The van der Waals surface area contributed by atoms with Gasteiger partial charge in [-0.2, -0.15) is 0 Å². The van der Waals surface area contributed by atoms with Gasteiger partial charge >= 0.3 is 0 Å². The number of nitrogens with zero attached hydrogens (tertiary/aromatic N) is 2. The molecule has 0 bridgehead atoms. The number of nitrogens with one attached hydrogen (secondary N) is 2. The minimum Gasteiger partial charge on any atom is -0.361 e. The largest absolute Gasteiger partial charge is 0.361 e. The van der Waals surface area contributed by atoms with E-state index in [0.29, 0.717) is 6.42 Å². The maximum atomic E-state index is 12.2. The van der Waals surface area contributed by atoms with E-state index in [-0.39, 0.29) is 17.9 Å². The fourth-order valence-corrected chi connectivity index (χ4v) is 3.89. The van der Waals surface area contributed by atoms with Crippen molar-refractivity contribution in [2.24, 2.45) is 5.92 Å². The van der Waals surface area contributed by atoms with Gasteiger partial charge in [0.15, 0.2) is 0 Å². The van der Waals surface area contributed by atoms with Gasteiger partial charge in [0.1, 0.15) is 0 Å². The number of pyridine rings is 1. The number of aromatic amines is 1. The van der Waals surface area contributed by atoms with Gasteiger partial charge in [0.25, 0.3) is 0 Å². The number of likely N-dealkylation sites (tertiary alicyclic amines) is 1. The second-order valence-electron chi connectivity index (χ2n) is 6.68. The van der Waals surface area contributed by atoms with E-state index in [1.165, 1.54) is 10.9 Å². The van der Waals surface area contributed by atoms with Crippen LogP contribution in [0.4, 0.5) is 0 Å². The SMILES string of the molecule is CN1C(=O)C[C@@H](CNCc2cccc3[nH]ccc23)[C@@H]1c1ccncc1. The van der Waals surface area contributed by atoms with E-state index < -0.39 is 0 Å². The van der Waals surface area contributed by atoms with Gasteiger partial charge in [-0.3, -0.25) is 9.78 Å². The van der Waals surface area contributed by atoms with Gasteiger partial charge in [0.05, 0.1) is 6.04 Å². The van der Waals surface area contributed by atoms with Gasteiger partial charge in [0.2, 0.25) is 5.91 Å². The lowest BCUT2D eigenvalue weighted by Gasteiger charge is -2.25. The molecule has 1 amide bonds. The highest BCUT2D eigenvalue weighted by Gasteiger charge is 2.37. The van der Waals surface area contributed by atoms with Gasteiger partial charge in [-0.1, -0.05) is 12.1 Å². The molecule has 2 aromatic heterocycles. The highest BCUT2D eigenvalue weighted by Crippen LogP contribution is 2.36. The van der Waals surface area contributed by atoms with Crippen LogP contribution in [0.2, 0.25) is 0 Å². The molecule has 25 heavy (non-hydrogen) atoms. The summed E-state index contributed by atoms with van der Waals surface area (Å²) >= 11 is 0. The lowest BCUT2D eigenvalue weighted by molar-refractivity contribution is -0.127. The van der Waals surface area contributed by atoms with E-state index in [0.717, 1.165) is 24.2 Å². The molecule has 4 rings (SSSR count). The predicted octanol–water partition coefficient (Wildman–Crippen LogP) is 2.87. The number of amides is 1. The summed E-state index contributed by atoms with van der Waals surface area (Å²) in [5, 5.41) is 4.81. The molecule has 128 valence electrons. The summed E-state index contributed by atoms with van der Waals surface area (Å²) in [4.78, 5) is 21.4. The number of hydrogen-bond donors (Lipinski definition) is 2. The molecule has 5 nitrogen and oxygen atoms in total. The van der Waals surface area contributed by atoms with Crippen molar-refractivity contribution in [1.29, 1.82) is 0 Å². The van der Waals surface area contributed by atoms with Crippen LogP contribution in [0.5, 0.6) is 0 Å². The van der Waals surface area contributed by atoms with Gasteiger partial charge in [0, 0.05) is 62.0 Å². The van der Waals surface area contributed by atoms with Crippen molar-refractivity contribution in [2.75, 3.05) is 13.6 Å². The zero-order chi connectivity index (χ0) is 17.2. The fraction of sp³-hybridized carbons (Fsp3) is 0.300. The summed E-state index contributed by atoms with van der Waals surface area (Å²) in [6.45, 7) is 1.61. The second kappa shape index (κ2) is 6.69. The summed E-state index contributed by atoms with van der Waals surface area (Å²) in [7, 11) is 1.90. The molecular formula is C20H22N4O. The Bertz CT molecular complexity index is 874. The van der Waals surface area contributed by atoms with Crippen LogP contribution in [0.3, 0.4) is 0 Å². The number of rotatable bonds is 5. The van der Waals surface area contributed by atoms with Crippen molar-refractivity contribution in [3.8, 4) is 0 Å². The van der Waals surface area contributed by atoms with Crippen molar-refractivity contribution in [2.45, 2.75) is 19.0 Å². The summed E-state index contributed by atoms with van der Waals surface area (Å²) in [5.41, 5.74) is 3.59. The van der Waals surface area contributed by atoms with Gasteiger partial charge in [-0.25, -0.2) is 0 Å². The van der Waals surface area contributed by atoms with E-state index in [4.69, 9.17) is 0 Å². The molecular weight excluding hydrogens is 312 g/mol. The predicted molar refractivity (Wildman–Crippen MR) is 97.9 cm³/mol. The molecule has 1 saturated heterocycles. The zero-order valence-corrected chi connectivity index (χ0v) is 14.3.